The summed E-state index contributed by atoms with van der Waals surface area (Å²) < 4.78 is 15.0. The van der Waals surface area contributed by atoms with Crippen molar-refractivity contribution in [2.24, 2.45) is 7.05 Å². The van der Waals surface area contributed by atoms with Crippen molar-refractivity contribution in [1.82, 2.24) is 4.57 Å². The number of rotatable bonds is 4. The van der Waals surface area contributed by atoms with Crippen LogP contribution in [0.1, 0.15) is 17.0 Å². The van der Waals surface area contributed by atoms with E-state index in [-0.39, 0.29) is 0 Å². The number of benzene rings is 1. The average molecular weight is 288 g/mol. The monoisotopic (exact) mass is 288 g/mol. The Morgan fingerprint density at radius 2 is 2.19 bits per heavy atom. The van der Waals surface area contributed by atoms with Crippen molar-refractivity contribution >= 4 is 11.4 Å². The predicted molar refractivity (Wildman–Crippen MR) is 75.2 cm³/mol. The fourth-order valence-corrected chi connectivity index (χ4v) is 2.01. The number of aromatic nitrogens is 1. The molecule has 0 radical (unpaired) electrons. The first kappa shape index (κ1) is 14.5. The molecule has 0 bridgehead atoms. The van der Waals surface area contributed by atoms with Crippen LogP contribution in [-0.4, -0.2) is 9.49 Å². The molecule has 1 aromatic carbocycles. The van der Waals surface area contributed by atoms with Crippen LogP contribution in [0.5, 0.6) is 0 Å². The molecule has 1 N–H and O–H groups in total. The largest absolute Gasteiger partial charge is 0.381 e. The van der Waals surface area contributed by atoms with Crippen LogP contribution in [0.25, 0.3) is 0 Å². The van der Waals surface area contributed by atoms with Crippen LogP contribution in [0.15, 0.2) is 24.3 Å². The molecule has 1 aromatic heterocycles. The summed E-state index contributed by atoms with van der Waals surface area (Å²) in [6.45, 7) is 2.27. The molecule has 0 fully saturated rings. The van der Waals surface area contributed by atoms with Gasteiger partial charge in [0.25, 0.3) is 0 Å². The molecule has 0 aliphatic rings. The first-order chi connectivity index (χ1) is 9.93. The van der Waals surface area contributed by atoms with Gasteiger partial charge in [-0.05, 0) is 30.7 Å². The fraction of sp³-hybridized carbons (Fsp3) is 0.214. The SMILES string of the molecule is Cc1c(CNc2ccc(F)c([N+](=O)[O-])c2)cc(C#N)n1C. The molecule has 0 spiro atoms. The van der Waals surface area contributed by atoms with E-state index in [2.05, 4.69) is 11.4 Å². The molecule has 0 unspecified atom stereocenters. The number of hydrogen-bond donors (Lipinski definition) is 1. The van der Waals surface area contributed by atoms with E-state index in [9.17, 15) is 14.5 Å². The Kier molecular flexibility index (Phi) is 3.89. The van der Waals surface area contributed by atoms with Crippen molar-refractivity contribution in [2.75, 3.05) is 5.32 Å². The van der Waals surface area contributed by atoms with Gasteiger partial charge in [0.05, 0.1) is 4.92 Å². The highest BCUT2D eigenvalue weighted by Gasteiger charge is 2.14. The molecule has 0 amide bonds. The maximum absolute atomic E-state index is 13.2. The van der Waals surface area contributed by atoms with E-state index >= 15 is 0 Å². The Morgan fingerprint density at radius 3 is 2.76 bits per heavy atom. The summed E-state index contributed by atoms with van der Waals surface area (Å²) in [7, 11) is 1.79. The van der Waals surface area contributed by atoms with Gasteiger partial charge >= 0.3 is 5.69 Å². The molecule has 2 rings (SSSR count). The van der Waals surface area contributed by atoms with Crippen molar-refractivity contribution in [1.29, 1.82) is 5.26 Å². The number of anilines is 1. The Morgan fingerprint density at radius 1 is 1.48 bits per heavy atom. The van der Waals surface area contributed by atoms with Crippen molar-refractivity contribution in [3.8, 4) is 6.07 Å². The summed E-state index contributed by atoms with van der Waals surface area (Å²) in [4.78, 5) is 9.93. The van der Waals surface area contributed by atoms with E-state index in [1.54, 1.807) is 17.7 Å². The molecule has 0 aliphatic heterocycles. The minimum atomic E-state index is -0.867. The van der Waals surface area contributed by atoms with Crippen molar-refractivity contribution in [3.05, 3.63) is 57.1 Å². The van der Waals surface area contributed by atoms with Crippen LogP contribution in [0.2, 0.25) is 0 Å². The number of hydrogen-bond acceptors (Lipinski definition) is 4. The van der Waals surface area contributed by atoms with Crippen molar-refractivity contribution in [3.63, 3.8) is 0 Å². The van der Waals surface area contributed by atoms with E-state index < -0.39 is 16.4 Å². The van der Waals surface area contributed by atoms with Crippen LogP contribution < -0.4 is 5.32 Å². The number of nitro benzene ring substituents is 1. The van der Waals surface area contributed by atoms with E-state index in [0.717, 1.165) is 23.4 Å². The maximum atomic E-state index is 13.2. The van der Waals surface area contributed by atoms with Gasteiger partial charge in [0, 0.05) is 31.0 Å². The zero-order valence-electron chi connectivity index (χ0n) is 11.6. The number of nitro groups is 1. The lowest BCUT2D eigenvalue weighted by Gasteiger charge is -2.07. The lowest BCUT2D eigenvalue weighted by Crippen LogP contribution is -2.02. The maximum Gasteiger partial charge on any atom is 0.306 e. The molecule has 0 atom stereocenters. The second-order valence-corrected chi connectivity index (χ2v) is 4.59. The Hall–Kier alpha value is -2.88. The fourth-order valence-electron chi connectivity index (χ4n) is 2.01. The van der Waals surface area contributed by atoms with Gasteiger partial charge in [0.1, 0.15) is 11.8 Å². The minimum Gasteiger partial charge on any atom is -0.381 e. The Balaban J connectivity index is 2.19. The molecular weight excluding hydrogens is 275 g/mol. The molecule has 108 valence electrons. The molecular formula is C14H13FN4O2. The first-order valence-electron chi connectivity index (χ1n) is 6.17. The predicted octanol–water partition coefficient (Wildman–Crippen LogP) is 2.86. The topological polar surface area (TPSA) is 83.9 Å². The van der Waals surface area contributed by atoms with Gasteiger partial charge < -0.3 is 9.88 Å². The van der Waals surface area contributed by atoms with E-state index in [1.807, 2.05) is 6.92 Å². The summed E-state index contributed by atoms with van der Waals surface area (Å²) in [5.74, 6) is -0.867. The van der Waals surface area contributed by atoms with Gasteiger partial charge in [0.2, 0.25) is 5.82 Å². The van der Waals surface area contributed by atoms with Gasteiger partial charge in [-0.25, -0.2) is 0 Å². The summed E-state index contributed by atoms with van der Waals surface area (Å²) in [6.07, 6.45) is 0. The second-order valence-electron chi connectivity index (χ2n) is 4.59. The van der Waals surface area contributed by atoms with E-state index in [0.29, 0.717) is 17.9 Å². The molecule has 21 heavy (non-hydrogen) atoms. The highest BCUT2D eigenvalue weighted by atomic mass is 19.1. The highest BCUT2D eigenvalue weighted by molar-refractivity contribution is 5.52. The molecule has 0 aliphatic carbocycles. The van der Waals surface area contributed by atoms with Gasteiger partial charge in [-0.3, -0.25) is 10.1 Å². The molecule has 6 nitrogen and oxygen atoms in total. The summed E-state index contributed by atoms with van der Waals surface area (Å²) in [5.41, 5.74) is 2.25. The first-order valence-corrected chi connectivity index (χ1v) is 6.17. The quantitative estimate of drug-likeness (QED) is 0.692. The van der Waals surface area contributed by atoms with E-state index in [4.69, 9.17) is 5.26 Å². The number of halogens is 1. The van der Waals surface area contributed by atoms with Crippen LogP contribution in [0, 0.1) is 34.2 Å². The number of nitriles is 1. The lowest BCUT2D eigenvalue weighted by atomic mass is 10.2. The minimum absolute atomic E-state index is 0.393. The lowest BCUT2D eigenvalue weighted by molar-refractivity contribution is -0.387. The zero-order chi connectivity index (χ0) is 15.6. The molecule has 7 heteroatoms. The van der Waals surface area contributed by atoms with Crippen LogP contribution >= 0.6 is 0 Å². The second kappa shape index (κ2) is 5.63. The van der Waals surface area contributed by atoms with Crippen molar-refractivity contribution < 1.29 is 9.31 Å². The molecule has 2 aromatic rings. The highest BCUT2D eigenvalue weighted by Crippen LogP contribution is 2.22. The van der Waals surface area contributed by atoms with Crippen LogP contribution in [-0.2, 0) is 13.6 Å². The third kappa shape index (κ3) is 2.84. The number of nitrogens with one attached hydrogen (secondary N) is 1. The van der Waals surface area contributed by atoms with E-state index in [1.165, 1.54) is 6.07 Å². The van der Waals surface area contributed by atoms with Gasteiger partial charge in [-0.15, -0.1) is 0 Å². The number of nitrogens with zero attached hydrogens (tertiary/aromatic N) is 3. The van der Waals surface area contributed by atoms with Crippen LogP contribution in [0.4, 0.5) is 15.8 Å². The third-order valence-corrected chi connectivity index (χ3v) is 3.38. The van der Waals surface area contributed by atoms with Gasteiger partial charge in [-0.1, -0.05) is 0 Å². The van der Waals surface area contributed by atoms with Crippen molar-refractivity contribution in [2.45, 2.75) is 13.5 Å². The smallest absolute Gasteiger partial charge is 0.306 e. The average Bonchev–Trinajstić information content (AvgIpc) is 2.73. The molecule has 0 saturated heterocycles. The Bertz CT molecular complexity index is 746. The normalized spacial score (nSPS) is 10.2. The van der Waals surface area contributed by atoms with Gasteiger partial charge in [-0.2, -0.15) is 9.65 Å². The molecule has 0 saturated carbocycles. The standard InChI is InChI=1S/C14H13FN4O2/c1-9-10(5-12(7-16)18(9)2)8-17-11-3-4-13(15)14(6-11)19(20)21/h3-6,17H,8H2,1-2H3. The molecule has 1 heterocycles. The zero-order valence-corrected chi connectivity index (χ0v) is 11.6. The summed E-state index contributed by atoms with van der Waals surface area (Å²) in [6, 6.07) is 7.48. The third-order valence-electron chi connectivity index (χ3n) is 3.38. The van der Waals surface area contributed by atoms with Crippen LogP contribution in [0.3, 0.4) is 0 Å². The Labute approximate surface area is 120 Å². The van der Waals surface area contributed by atoms with Gasteiger partial charge in [0.15, 0.2) is 0 Å². The summed E-state index contributed by atoms with van der Waals surface area (Å²) >= 11 is 0. The summed E-state index contributed by atoms with van der Waals surface area (Å²) in [5, 5.41) is 22.6.